The Kier molecular flexibility index (Phi) is 3.46. The molecule has 4 nitrogen and oxygen atoms in total. The van der Waals surface area contributed by atoms with Crippen molar-refractivity contribution in [2.24, 2.45) is 0 Å². The fraction of sp³-hybridized carbons (Fsp3) is 0.333. The summed E-state index contributed by atoms with van der Waals surface area (Å²) < 4.78 is 48.6. The third-order valence-electron chi connectivity index (χ3n) is 2.27. The summed E-state index contributed by atoms with van der Waals surface area (Å²) in [5.74, 6) is -0.114. The molecule has 0 aliphatic carbocycles. The zero-order valence-corrected chi connectivity index (χ0v) is 10.2. The van der Waals surface area contributed by atoms with Crippen LogP contribution in [0, 0.1) is 0 Å². The summed E-state index contributed by atoms with van der Waals surface area (Å²) >= 11 is 0. The minimum Gasteiger partial charge on any atom is -0.490 e. The molecule has 0 N–H and O–H groups in total. The third kappa shape index (κ3) is 3.04. The van der Waals surface area contributed by atoms with Crippen LogP contribution in [0.5, 0.6) is 5.75 Å². The van der Waals surface area contributed by atoms with Gasteiger partial charge in [0, 0.05) is 5.56 Å². The Bertz CT molecular complexity index is 551. The lowest BCUT2D eigenvalue weighted by atomic mass is 10.1. The number of hydrogen-bond donors (Lipinski definition) is 0. The lowest BCUT2D eigenvalue weighted by Crippen LogP contribution is -2.13. The van der Waals surface area contributed by atoms with Gasteiger partial charge in [-0.3, -0.25) is 0 Å². The normalized spacial score (nSPS) is 11.9. The highest BCUT2D eigenvalue weighted by Crippen LogP contribution is 2.38. The lowest BCUT2D eigenvalue weighted by Gasteiger charge is -2.16. The molecule has 7 heteroatoms. The minimum absolute atomic E-state index is 0.0987. The third-order valence-corrected chi connectivity index (χ3v) is 2.27. The Balaban J connectivity index is 2.48. The predicted octanol–water partition coefficient (Wildman–Crippen LogP) is 3.54. The van der Waals surface area contributed by atoms with E-state index >= 15 is 0 Å². The average Bonchev–Trinajstić information content (AvgIpc) is 2.80. The quantitative estimate of drug-likeness (QED) is 0.857. The Morgan fingerprint density at radius 2 is 2.00 bits per heavy atom. The second-order valence-electron chi connectivity index (χ2n) is 4.13. The second kappa shape index (κ2) is 4.91. The molecule has 0 atom stereocenters. The van der Waals surface area contributed by atoms with Gasteiger partial charge in [0.2, 0.25) is 12.2 Å². The first kappa shape index (κ1) is 13.4. The molecule has 0 aliphatic rings. The van der Waals surface area contributed by atoms with Gasteiger partial charge in [-0.05, 0) is 32.0 Å². The Hall–Kier alpha value is -2.05. The standard InChI is InChI=1S/C12H11F3N2O2/c1-7(2)19-10-4-3-8(11-16-6-18-17-11)5-9(10)12(13,14)15/h3-7H,1-2H3. The fourth-order valence-corrected chi connectivity index (χ4v) is 1.55. The van der Waals surface area contributed by atoms with Crippen molar-refractivity contribution >= 4 is 0 Å². The Morgan fingerprint density at radius 3 is 2.53 bits per heavy atom. The monoisotopic (exact) mass is 272 g/mol. The SMILES string of the molecule is CC(C)Oc1ccc(-c2ncon2)cc1C(F)(F)F. The van der Waals surface area contributed by atoms with Crippen LogP contribution in [0.15, 0.2) is 29.1 Å². The highest BCUT2D eigenvalue weighted by Gasteiger charge is 2.35. The molecule has 0 unspecified atom stereocenters. The van der Waals surface area contributed by atoms with Crippen LogP contribution in [0.1, 0.15) is 19.4 Å². The van der Waals surface area contributed by atoms with E-state index in [1.165, 1.54) is 12.1 Å². The van der Waals surface area contributed by atoms with E-state index in [1.54, 1.807) is 13.8 Å². The lowest BCUT2D eigenvalue weighted by molar-refractivity contribution is -0.139. The molecule has 0 spiro atoms. The summed E-state index contributed by atoms with van der Waals surface area (Å²) in [5, 5.41) is 3.51. The maximum Gasteiger partial charge on any atom is 0.419 e. The first-order chi connectivity index (χ1) is 8.88. The first-order valence-corrected chi connectivity index (χ1v) is 5.52. The van der Waals surface area contributed by atoms with Crippen LogP contribution in [0.4, 0.5) is 13.2 Å². The molecule has 19 heavy (non-hydrogen) atoms. The van der Waals surface area contributed by atoms with Crippen molar-refractivity contribution in [3.05, 3.63) is 30.2 Å². The van der Waals surface area contributed by atoms with E-state index in [-0.39, 0.29) is 23.2 Å². The molecule has 2 aromatic rings. The molecule has 0 aliphatic heterocycles. The smallest absolute Gasteiger partial charge is 0.419 e. The van der Waals surface area contributed by atoms with Crippen LogP contribution in [0.2, 0.25) is 0 Å². The van der Waals surface area contributed by atoms with Gasteiger partial charge in [0.1, 0.15) is 5.75 Å². The maximum atomic E-state index is 13.0. The van der Waals surface area contributed by atoms with Crippen LogP contribution in [-0.4, -0.2) is 16.2 Å². The number of rotatable bonds is 3. The van der Waals surface area contributed by atoms with Gasteiger partial charge in [0.25, 0.3) is 0 Å². The first-order valence-electron chi connectivity index (χ1n) is 5.52. The molecule has 0 fully saturated rings. The summed E-state index contributed by atoms with van der Waals surface area (Å²) in [6.45, 7) is 3.32. The van der Waals surface area contributed by atoms with E-state index in [1.807, 2.05) is 0 Å². The van der Waals surface area contributed by atoms with Crippen molar-refractivity contribution in [1.82, 2.24) is 10.1 Å². The van der Waals surface area contributed by atoms with Crippen LogP contribution in [-0.2, 0) is 6.18 Å². The molecule has 0 saturated heterocycles. The molecule has 0 bridgehead atoms. The van der Waals surface area contributed by atoms with Crippen LogP contribution >= 0.6 is 0 Å². The number of nitrogens with zero attached hydrogens (tertiary/aromatic N) is 2. The van der Waals surface area contributed by atoms with Gasteiger partial charge in [0.15, 0.2) is 0 Å². The van der Waals surface area contributed by atoms with Crippen molar-refractivity contribution in [3.8, 4) is 17.1 Å². The van der Waals surface area contributed by atoms with Gasteiger partial charge in [-0.1, -0.05) is 5.16 Å². The molecule has 1 aromatic heterocycles. The average molecular weight is 272 g/mol. The van der Waals surface area contributed by atoms with Crippen LogP contribution < -0.4 is 4.74 Å². The second-order valence-corrected chi connectivity index (χ2v) is 4.13. The zero-order valence-electron chi connectivity index (χ0n) is 10.2. The molecule has 1 aromatic carbocycles. The number of ether oxygens (including phenoxy) is 1. The topological polar surface area (TPSA) is 48.2 Å². The molecular weight excluding hydrogens is 261 g/mol. The summed E-state index contributed by atoms with van der Waals surface area (Å²) in [6.07, 6.45) is -3.80. The van der Waals surface area contributed by atoms with E-state index in [2.05, 4.69) is 14.7 Å². The van der Waals surface area contributed by atoms with E-state index in [9.17, 15) is 13.2 Å². The summed E-state index contributed by atoms with van der Waals surface area (Å²) in [4.78, 5) is 3.71. The van der Waals surface area contributed by atoms with Crippen LogP contribution in [0.3, 0.4) is 0 Å². The van der Waals surface area contributed by atoms with Gasteiger partial charge >= 0.3 is 6.18 Å². The molecule has 1 heterocycles. The molecular formula is C12H11F3N2O2. The number of halogens is 3. The number of benzene rings is 1. The van der Waals surface area contributed by atoms with Crippen molar-refractivity contribution in [2.75, 3.05) is 0 Å². The molecule has 102 valence electrons. The van der Waals surface area contributed by atoms with Gasteiger partial charge in [-0.15, -0.1) is 0 Å². The fourth-order valence-electron chi connectivity index (χ4n) is 1.55. The summed E-state index contributed by atoms with van der Waals surface area (Å²) in [7, 11) is 0. The minimum atomic E-state index is -4.51. The zero-order chi connectivity index (χ0) is 14.0. The largest absolute Gasteiger partial charge is 0.490 e. The molecule has 2 rings (SSSR count). The van der Waals surface area contributed by atoms with Gasteiger partial charge in [-0.2, -0.15) is 18.2 Å². The summed E-state index contributed by atoms with van der Waals surface area (Å²) in [5.41, 5.74) is -0.638. The molecule has 0 saturated carbocycles. The number of alkyl halides is 3. The van der Waals surface area contributed by atoms with E-state index in [0.717, 1.165) is 12.5 Å². The number of hydrogen-bond acceptors (Lipinski definition) is 4. The Labute approximate surface area is 107 Å². The van der Waals surface area contributed by atoms with Gasteiger partial charge in [-0.25, -0.2) is 0 Å². The van der Waals surface area contributed by atoms with Gasteiger partial charge in [0.05, 0.1) is 11.7 Å². The van der Waals surface area contributed by atoms with E-state index in [0.29, 0.717) is 0 Å². The van der Waals surface area contributed by atoms with Crippen molar-refractivity contribution in [2.45, 2.75) is 26.1 Å². The van der Waals surface area contributed by atoms with E-state index in [4.69, 9.17) is 4.74 Å². The highest BCUT2D eigenvalue weighted by molar-refractivity contribution is 5.58. The maximum absolute atomic E-state index is 13.0. The van der Waals surface area contributed by atoms with Crippen molar-refractivity contribution in [3.63, 3.8) is 0 Å². The van der Waals surface area contributed by atoms with Gasteiger partial charge < -0.3 is 9.26 Å². The molecule has 0 amide bonds. The predicted molar refractivity (Wildman–Crippen MR) is 60.5 cm³/mol. The van der Waals surface area contributed by atoms with Crippen molar-refractivity contribution < 1.29 is 22.4 Å². The molecule has 0 radical (unpaired) electrons. The Morgan fingerprint density at radius 1 is 1.26 bits per heavy atom. The van der Waals surface area contributed by atoms with Crippen LogP contribution in [0.25, 0.3) is 11.4 Å². The summed E-state index contributed by atoms with van der Waals surface area (Å²) in [6, 6.07) is 3.66. The number of aromatic nitrogens is 2. The highest BCUT2D eigenvalue weighted by atomic mass is 19.4. The van der Waals surface area contributed by atoms with Crippen molar-refractivity contribution in [1.29, 1.82) is 0 Å². The van der Waals surface area contributed by atoms with E-state index < -0.39 is 11.7 Å².